The van der Waals surface area contributed by atoms with E-state index in [0.717, 1.165) is 27.5 Å². The zero-order valence-corrected chi connectivity index (χ0v) is 9.23. The molecular weight excluding hydrogens is 200 g/mol. The number of aromatic hydroxyl groups is 1. The second-order valence-corrected chi connectivity index (χ2v) is 4.05. The second kappa shape index (κ2) is 2.98. The largest absolute Gasteiger partial charge is 0.508 e. The van der Waals surface area contributed by atoms with Crippen molar-refractivity contribution in [2.75, 3.05) is 0 Å². The van der Waals surface area contributed by atoms with Crippen LogP contribution in [-0.2, 0) is 7.05 Å². The van der Waals surface area contributed by atoms with Crippen molar-refractivity contribution in [1.82, 2.24) is 9.55 Å². The lowest BCUT2D eigenvalue weighted by Crippen LogP contribution is -1.90. The van der Waals surface area contributed by atoms with Crippen LogP contribution in [0.2, 0.25) is 0 Å². The van der Waals surface area contributed by atoms with Crippen LogP contribution in [0.4, 0.5) is 0 Å². The first-order chi connectivity index (χ1) is 7.68. The molecule has 0 amide bonds. The summed E-state index contributed by atoms with van der Waals surface area (Å²) in [7, 11) is 2.02. The normalized spacial score (nSPS) is 11.4. The third kappa shape index (κ3) is 1.05. The monoisotopic (exact) mass is 212 g/mol. The number of aryl methyl sites for hydroxylation is 2. The average molecular weight is 212 g/mol. The van der Waals surface area contributed by atoms with Crippen LogP contribution in [0.1, 0.15) is 5.69 Å². The Bertz CT molecular complexity index is 698. The van der Waals surface area contributed by atoms with Crippen LogP contribution in [-0.4, -0.2) is 14.7 Å². The number of nitrogens with zero attached hydrogens (tertiary/aromatic N) is 2. The van der Waals surface area contributed by atoms with Crippen molar-refractivity contribution in [2.24, 2.45) is 7.05 Å². The van der Waals surface area contributed by atoms with Gasteiger partial charge in [-0.3, -0.25) is 4.98 Å². The first kappa shape index (κ1) is 9.21. The number of rotatable bonds is 0. The Balaban J connectivity index is 2.65. The zero-order chi connectivity index (χ0) is 11.3. The molecule has 0 unspecified atom stereocenters. The highest BCUT2D eigenvalue weighted by molar-refractivity contribution is 6.08. The second-order valence-electron chi connectivity index (χ2n) is 4.05. The van der Waals surface area contributed by atoms with E-state index in [1.54, 1.807) is 18.3 Å². The van der Waals surface area contributed by atoms with E-state index >= 15 is 0 Å². The van der Waals surface area contributed by atoms with E-state index in [1.165, 1.54) is 0 Å². The molecule has 2 aromatic heterocycles. The molecule has 3 rings (SSSR count). The topological polar surface area (TPSA) is 38.1 Å². The van der Waals surface area contributed by atoms with Gasteiger partial charge in [-0.1, -0.05) is 0 Å². The van der Waals surface area contributed by atoms with E-state index in [0.29, 0.717) is 5.75 Å². The molecule has 0 radical (unpaired) electrons. The molecule has 0 atom stereocenters. The van der Waals surface area contributed by atoms with Crippen LogP contribution in [0.5, 0.6) is 5.75 Å². The average Bonchev–Trinajstić information content (AvgIpc) is 2.54. The van der Waals surface area contributed by atoms with Crippen LogP contribution in [0.3, 0.4) is 0 Å². The van der Waals surface area contributed by atoms with Gasteiger partial charge in [-0.15, -0.1) is 0 Å². The van der Waals surface area contributed by atoms with E-state index in [9.17, 15) is 5.11 Å². The molecule has 80 valence electrons. The highest BCUT2D eigenvalue weighted by Gasteiger charge is 2.10. The molecule has 3 aromatic rings. The molecule has 0 saturated heterocycles. The molecule has 0 aliphatic carbocycles. The lowest BCUT2D eigenvalue weighted by Gasteiger charge is -1.99. The van der Waals surface area contributed by atoms with Crippen molar-refractivity contribution in [3.8, 4) is 5.75 Å². The van der Waals surface area contributed by atoms with Crippen molar-refractivity contribution in [1.29, 1.82) is 0 Å². The quantitative estimate of drug-likeness (QED) is 0.622. The fourth-order valence-electron chi connectivity index (χ4n) is 2.35. The van der Waals surface area contributed by atoms with Crippen LogP contribution in [0.25, 0.3) is 21.8 Å². The Morgan fingerprint density at radius 2 is 2.00 bits per heavy atom. The van der Waals surface area contributed by atoms with Gasteiger partial charge in [0.05, 0.1) is 11.2 Å². The van der Waals surface area contributed by atoms with Gasteiger partial charge in [-0.05, 0) is 31.2 Å². The van der Waals surface area contributed by atoms with Crippen molar-refractivity contribution in [3.05, 3.63) is 36.2 Å². The van der Waals surface area contributed by atoms with Gasteiger partial charge in [0, 0.05) is 29.5 Å². The fraction of sp³-hybridized carbons (Fsp3) is 0.154. The third-order valence-electron chi connectivity index (χ3n) is 3.07. The summed E-state index contributed by atoms with van der Waals surface area (Å²) in [6.45, 7) is 2.00. The number of hydrogen-bond donors (Lipinski definition) is 1. The van der Waals surface area contributed by atoms with Gasteiger partial charge >= 0.3 is 0 Å². The Morgan fingerprint density at radius 1 is 1.19 bits per heavy atom. The summed E-state index contributed by atoms with van der Waals surface area (Å²) in [5.74, 6) is 0.300. The number of phenolic OH excluding ortho intramolecular Hbond substituents is 1. The van der Waals surface area contributed by atoms with E-state index < -0.39 is 0 Å². The minimum Gasteiger partial charge on any atom is -0.508 e. The van der Waals surface area contributed by atoms with Crippen LogP contribution in [0, 0.1) is 6.92 Å². The maximum absolute atomic E-state index is 9.54. The van der Waals surface area contributed by atoms with Gasteiger partial charge in [0.15, 0.2) is 0 Å². The van der Waals surface area contributed by atoms with E-state index in [-0.39, 0.29) is 0 Å². The fourth-order valence-corrected chi connectivity index (χ4v) is 2.35. The molecule has 1 N–H and O–H groups in total. The van der Waals surface area contributed by atoms with E-state index in [4.69, 9.17) is 0 Å². The maximum atomic E-state index is 9.54. The van der Waals surface area contributed by atoms with Crippen molar-refractivity contribution in [3.63, 3.8) is 0 Å². The molecule has 1 aromatic carbocycles. The van der Waals surface area contributed by atoms with E-state index in [2.05, 4.69) is 9.55 Å². The molecule has 16 heavy (non-hydrogen) atoms. The van der Waals surface area contributed by atoms with Gasteiger partial charge in [-0.25, -0.2) is 0 Å². The lowest BCUT2D eigenvalue weighted by molar-refractivity contribution is 0.476. The molecule has 0 saturated carbocycles. The number of phenols is 1. The van der Waals surface area contributed by atoms with Gasteiger partial charge in [-0.2, -0.15) is 0 Å². The summed E-state index contributed by atoms with van der Waals surface area (Å²) >= 11 is 0. The van der Waals surface area contributed by atoms with E-state index in [1.807, 2.05) is 26.1 Å². The Morgan fingerprint density at radius 3 is 2.81 bits per heavy atom. The SMILES string of the molecule is Cc1nccc2c3cc(O)ccc3n(C)c12. The van der Waals surface area contributed by atoms with Crippen molar-refractivity contribution < 1.29 is 5.11 Å². The minimum absolute atomic E-state index is 0.300. The summed E-state index contributed by atoms with van der Waals surface area (Å²) in [5.41, 5.74) is 3.25. The minimum atomic E-state index is 0.300. The Hall–Kier alpha value is -2.03. The molecule has 0 fully saturated rings. The first-order valence-corrected chi connectivity index (χ1v) is 5.21. The number of pyridine rings is 1. The molecule has 0 spiro atoms. The molecule has 0 bridgehead atoms. The highest BCUT2D eigenvalue weighted by Crippen LogP contribution is 2.31. The summed E-state index contributed by atoms with van der Waals surface area (Å²) in [4.78, 5) is 4.30. The van der Waals surface area contributed by atoms with Crippen LogP contribution in [0.15, 0.2) is 30.5 Å². The molecule has 0 aliphatic heterocycles. The van der Waals surface area contributed by atoms with Gasteiger partial charge in [0.1, 0.15) is 5.75 Å². The zero-order valence-electron chi connectivity index (χ0n) is 9.23. The summed E-state index contributed by atoms with van der Waals surface area (Å²) in [6, 6.07) is 7.44. The number of fused-ring (bicyclic) bond motifs is 3. The maximum Gasteiger partial charge on any atom is 0.116 e. The third-order valence-corrected chi connectivity index (χ3v) is 3.07. The Kier molecular flexibility index (Phi) is 1.72. The predicted octanol–water partition coefficient (Wildman–Crippen LogP) is 2.74. The van der Waals surface area contributed by atoms with Gasteiger partial charge in [0.2, 0.25) is 0 Å². The lowest BCUT2D eigenvalue weighted by atomic mass is 10.1. The van der Waals surface area contributed by atoms with Gasteiger partial charge in [0.25, 0.3) is 0 Å². The first-order valence-electron chi connectivity index (χ1n) is 5.21. The van der Waals surface area contributed by atoms with Gasteiger partial charge < -0.3 is 9.67 Å². The van der Waals surface area contributed by atoms with Crippen LogP contribution >= 0.6 is 0 Å². The predicted molar refractivity (Wildman–Crippen MR) is 64.6 cm³/mol. The van der Waals surface area contributed by atoms with Crippen molar-refractivity contribution >= 4 is 21.8 Å². The molecule has 2 heterocycles. The van der Waals surface area contributed by atoms with Crippen molar-refractivity contribution in [2.45, 2.75) is 6.92 Å². The highest BCUT2D eigenvalue weighted by atomic mass is 16.3. The molecule has 0 aliphatic rings. The molecule has 3 heteroatoms. The van der Waals surface area contributed by atoms with Crippen LogP contribution < -0.4 is 0 Å². The standard InChI is InChI=1S/C13H12N2O/c1-8-13-10(5-6-14-8)11-7-9(16)3-4-12(11)15(13)2/h3-7,16H,1-2H3. The summed E-state index contributed by atoms with van der Waals surface area (Å²) in [5, 5.41) is 11.8. The number of aromatic nitrogens is 2. The molecule has 3 nitrogen and oxygen atoms in total. The summed E-state index contributed by atoms with van der Waals surface area (Å²) < 4.78 is 2.12. The summed E-state index contributed by atoms with van der Waals surface area (Å²) in [6.07, 6.45) is 1.81. The number of hydrogen-bond acceptors (Lipinski definition) is 2. The molecular formula is C13H12N2O. The smallest absolute Gasteiger partial charge is 0.116 e. The number of benzene rings is 1. The Labute approximate surface area is 93.0 Å².